The summed E-state index contributed by atoms with van der Waals surface area (Å²) >= 11 is 0. The first-order valence-corrected chi connectivity index (χ1v) is 12.1. The van der Waals surface area contributed by atoms with Gasteiger partial charge in [0.05, 0.1) is 0 Å². The summed E-state index contributed by atoms with van der Waals surface area (Å²) in [6.45, 7) is 8.78. The molecule has 0 bridgehead atoms. The SMILES string of the molecule is Cc1cc(C)c(N2CCN(C(=O)c3ccc(C4(c5ccccc5)NC(=O)NC4=O)cc3)CC2)nc1C. The van der Waals surface area contributed by atoms with Crippen molar-refractivity contribution in [2.75, 3.05) is 31.1 Å². The number of hydrogen-bond acceptors (Lipinski definition) is 5. The zero-order chi connectivity index (χ0) is 25.4. The normalized spacial score (nSPS) is 19.8. The maximum absolute atomic E-state index is 13.3. The summed E-state index contributed by atoms with van der Waals surface area (Å²) in [5.41, 5.74) is 3.80. The van der Waals surface area contributed by atoms with Gasteiger partial charge in [0.15, 0.2) is 5.54 Å². The fourth-order valence-electron chi connectivity index (χ4n) is 5.03. The predicted octanol–water partition coefficient (Wildman–Crippen LogP) is 3.05. The number of amides is 4. The molecule has 2 aromatic carbocycles. The van der Waals surface area contributed by atoms with Crippen molar-refractivity contribution >= 4 is 23.7 Å². The molecule has 0 saturated carbocycles. The molecule has 2 aliphatic heterocycles. The number of aromatic nitrogens is 1. The summed E-state index contributed by atoms with van der Waals surface area (Å²) in [5, 5.41) is 5.14. The number of aryl methyl sites for hydroxylation is 3. The molecule has 5 rings (SSSR count). The average Bonchev–Trinajstić information content (AvgIpc) is 3.21. The third-order valence-corrected chi connectivity index (χ3v) is 7.14. The van der Waals surface area contributed by atoms with Gasteiger partial charge in [0.25, 0.3) is 11.8 Å². The molecule has 4 amide bonds. The number of anilines is 1. The minimum atomic E-state index is -1.33. The van der Waals surface area contributed by atoms with Gasteiger partial charge in [-0.3, -0.25) is 14.9 Å². The van der Waals surface area contributed by atoms with E-state index in [9.17, 15) is 14.4 Å². The van der Waals surface area contributed by atoms with Crippen LogP contribution in [0.15, 0.2) is 60.7 Å². The van der Waals surface area contributed by atoms with Crippen LogP contribution in [0.25, 0.3) is 0 Å². The van der Waals surface area contributed by atoms with Crippen LogP contribution in [-0.2, 0) is 10.3 Å². The van der Waals surface area contributed by atoms with E-state index in [0.29, 0.717) is 42.9 Å². The Morgan fingerprint density at radius 3 is 2.11 bits per heavy atom. The van der Waals surface area contributed by atoms with E-state index >= 15 is 0 Å². The second-order valence-electron chi connectivity index (χ2n) is 9.41. The number of benzene rings is 2. The Labute approximate surface area is 210 Å². The van der Waals surface area contributed by atoms with Crippen molar-refractivity contribution in [3.8, 4) is 0 Å². The molecule has 2 N–H and O–H groups in total. The van der Waals surface area contributed by atoms with Crippen LogP contribution in [-0.4, -0.2) is 53.9 Å². The molecule has 184 valence electrons. The summed E-state index contributed by atoms with van der Waals surface area (Å²) in [5.74, 6) is 0.487. The molecule has 36 heavy (non-hydrogen) atoms. The lowest BCUT2D eigenvalue weighted by molar-refractivity contribution is -0.122. The molecule has 1 atom stereocenters. The lowest BCUT2D eigenvalue weighted by Gasteiger charge is -2.36. The maximum atomic E-state index is 13.3. The molecule has 0 aliphatic carbocycles. The van der Waals surface area contributed by atoms with Gasteiger partial charge >= 0.3 is 6.03 Å². The van der Waals surface area contributed by atoms with E-state index in [1.54, 1.807) is 36.4 Å². The standard InChI is InChI=1S/C28H29N5O3/c1-18-17-19(2)24(29-20(18)3)32-13-15-33(16-14-32)25(34)21-9-11-23(12-10-21)28(22-7-5-4-6-8-22)26(35)30-27(36)31-28/h4-12,17H,13-16H2,1-3H3,(H2,30,31,35,36). The Bertz CT molecular complexity index is 1330. The summed E-state index contributed by atoms with van der Waals surface area (Å²) in [7, 11) is 0. The van der Waals surface area contributed by atoms with Crippen molar-refractivity contribution < 1.29 is 14.4 Å². The van der Waals surface area contributed by atoms with Crippen LogP contribution in [0.3, 0.4) is 0 Å². The number of carbonyl (C=O) groups is 3. The fourth-order valence-corrected chi connectivity index (χ4v) is 5.03. The topological polar surface area (TPSA) is 94.6 Å². The van der Waals surface area contributed by atoms with Gasteiger partial charge in [-0.25, -0.2) is 9.78 Å². The second-order valence-corrected chi connectivity index (χ2v) is 9.41. The van der Waals surface area contributed by atoms with Gasteiger partial charge in [-0.05, 0) is 55.2 Å². The van der Waals surface area contributed by atoms with E-state index in [1.807, 2.05) is 30.0 Å². The van der Waals surface area contributed by atoms with Crippen LogP contribution < -0.4 is 15.5 Å². The van der Waals surface area contributed by atoms with Gasteiger partial charge in [0.2, 0.25) is 0 Å². The number of nitrogens with zero attached hydrogens (tertiary/aromatic N) is 3. The van der Waals surface area contributed by atoms with Crippen molar-refractivity contribution in [2.45, 2.75) is 26.3 Å². The molecule has 8 nitrogen and oxygen atoms in total. The highest BCUT2D eigenvalue weighted by atomic mass is 16.2. The van der Waals surface area contributed by atoms with Gasteiger partial charge in [0, 0.05) is 37.4 Å². The zero-order valence-corrected chi connectivity index (χ0v) is 20.7. The molecule has 0 radical (unpaired) electrons. The number of piperazine rings is 1. The summed E-state index contributed by atoms with van der Waals surface area (Å²) in [6.07, 6.45) is 0. The van der Waals surface area contributed by atoms with Crippen LogP contribution in [0.4, 0.5) is 10.6 Å². The molecule has 1 unspecified atom stereocenters. The third kappa shape index (κ3) is 3.98. The van der Waals surface area contributed by atoms with Crippen molar-refractivity contribution in [3.63, 3.8) is 0 Å². The van der Waals surface area contributed by atoms with Crippen LogP contribution in [0.1, 0.15) is 38.3 Å². The Hall–Kier alpha value is -4.20. The summed E-state index contributed by atoms with van der Waals surface area (Å²) < 4.78 is 0. The number of hydrogen-bond donors (Lipinski definition) is 2. The van der Waals surface area contributed by atoms with E-state index in [1.165, 1.54) is 5.56 Å². The first-order chi connectivity index (χ1) is 17.3. The van der Waals surface area contributed by atoms with Gasteiger partial charge in [0.1, 0.15) is 5.82 Å². The third-order valence-electron chi connectivity index (χ3n) is 7.14. The van der Waals surface area contributed by atoms with Crippen LogP contribution >= 0.6 is 0 Å². The number of imide groups is 1. The molecule has 3 heterocycles. The van der Waals surface area contributed by atoms with Crippen molar-refractivity contribution in [1.82, 2.24) is 20.5 Å². The smallest absolute Gasteiger partial charge is 0.322 e. The number of urea groups is 1. The van der Waals surface area contributed by atoms with Gasteiger partial charge < -0.3 is 15.1 Å². The highest BCUT2D eigenvalue weighted by molar-refractivity contribution is 6.09. The maximum Gasteiger partial charge on any atom is 0.322 e. The highest BCUT2D eigenvalue weighted by Crippen LogP contribution is 2.33. The van der Waals surface area contributed by atoms with E-state index in [0.717, 1.165) is 17.1 Å². The minimum absolute atomic E-state index is 0.0559. The van der Waals surface area contributed by atoms with Crippen molar-refractivity contribution in [3.05, 3.63) is 94.2 Å². The molecule has 3 aromatic rings. The fraction of sp³-hybridized carbons (Fsp3) is 0.286. The van der Waals surface area contributed by atoms with E-state index < -0.39 is 17.5 Å². The first kappa shape index (κ1) is 23.5. The Morgan fingerprint density at radius 2 is 1.50 bits per heavy atom. The predicted molar refractivity (Wildman–Crippen MR) is 137 cm³/mol. The quantitative estimate of drug-likeness (QED) is 0.557. The van der Waals surface area contributed by atoms with Crippen LogP contribution in [0, 0.1) is 20.8 Å². The van der Waals surface area contributed by atoms with E-state index in [2.05, 4.69) is 35.4 Å². The van der Waals surface area contributed by atoms with Crippen LogP contribution in [0.2, 0.25) is 0 Å². The van der Waals surface area contributed by atoms with E-state index in [4.69, 9.17) is 4.98 Å². The van der Waals surface area contributed by atoms with E-state index in [-0.39, 0.29) is 5.91 Å². The number of pyridine rings is 1. The number of carbonyl (C=O) groups excluding carboxylic acids is 3. The Morgan fingerprint density at radius 1 is 0.861 bits per heavy atom. The highest BCUT2D eigenvalue weighted by Gasteiger charge is 2.49. The Kier molecular flexibility index (Phi) is 5.96. The molecule has 2 saturated heterocycles. The molecule has 8 heteroatoms. The van der Waals surface area contributed by atoms with Crippen molar-refractivity contribution in [2.24, 2.45) is 0 Å². The molecule has 2 aliphatic rings. The largest absolute Gasteiger partial charge is 0.353 e. The summed E-state index contributed by atoms with van der Waals surface area (Å²) in [4.78, 5) is 47.1. The van der Waals surface area contributed by atoms with Crippen molar-refractivity contribution in [1.29, 1.82) is 0 Å². The molecular formula is C28H29N5O3. The average molecular weight is 484 g/mol. The van der Waals surface area contributed by atoms with Gasteiger partial charge in [-0.1, -0.05) is 48.5 Å². The minimum Gasteiger partial charge on any atom is -0.353 e. The second kappa shape index (κ2) is 9.11. The molecule has 2 fully saturated rings. The van der Waals surface area contributed by atoms with Crippen LogP contribution in [0.5, 0.6) is 0 Å². The molecule has 0 spiro atoms. The Balaban J connectivity index is 1.33. The molecular weight excluding hydrogens is 454 g/mol. The van der Waals surface area contributed by atoms with Gasteiger partial charge in [-0.2, -0.15) is 0 Å². The summed E-state index contributed by atoms with van der Waals surface area (Å²) in [6, 6.07) is 17.6. The lowest BCUT2D eigenvalue weighted by atomic mass is 9.82. The lowest BCUT2D eigenvalue weighted by Crippen LogP contribution is -2.49. The van der Waals surface area contributed by atoms with Gasteiger partial charge in [-0.15, -0.1) is 0 Å². The number of rotatable bonds is 4. The molecule has 1 aromatic heterocycles. The monoisotopic (exact) mass is 483 g/mol. The zero-order valence-electron chi connectivity index (χ0n) is 20.7. The first-order valence-electron chi connectivity index (χ1n) is 12.1. The number of nitrogens with one attached hydrogen (secondary N) is 2.